The maximum absolute atomic E-state index is 13.1. The molecule has 4 aliphatic rings. The molecule has 0 aromatic carbocycles. The fourth-order valence-corrected chi connectivity index (χ4v) is 7.77. The summed E-state index contributed by atoms with van der Waals surface area (Å²) >= 11 is 0. The van der Waals surface area contributed by atoms with Gasteiger partial charge in [0.15, 0.2) is 5.78 Å². The molecular weight excluding hydrogens is 368 g/mol. The molecule has 2 heteroatoms. The molecule has 0 heterocycles. The van der Waals surface area contributed by atoms with E-state index in [1.54, 1.807) is 0 Å². The Hall–Kier alpha value is -1.18. The van der Waals surface area contributed by atoms with Crippen LogP contribution in [0, 0.1) is 52.3 Å². The Morgan fingerprint density at radius 2 is 1.60 bits per heavy atom. The van der Waals surface area contributed by atoms with E-state index in [1.165, 1.54) is 31.3 Å². The molecule has 30 heavy (non-hydrogen) atoms. The second kappa shape index (κ2) is 7.75. The molecule has 0 radical (unpaired) electrons. The summed E-state index contributed by atoms with van der Waals surface area (Å²) in [6.07, 6.45) is 14.0. The molecule has 0 aromatic rings. The Labute approximate surface area is 184 Å². The van der Waals surface area contributed by atoms with Gasteiger partial charge in [-0.3, -0.25) is 9.59 Å². The summed E-state index contributed by atoms with van der Waals surface area (Å²) in [6.45, 7) is 14.2. The number of rotatable bonds is 4. The molecule has 4 rings (SSSR count). The van der Waals surface area contributed by atoms with E-state index in [-0.39, 0.29) is 17.1 Å². The van der Waals surface area contributed by atoms with Gasteiger partial charge in [0, 0.05) is 18.8 Å². The quantitative estimate of drug-likeness (QED) is 0.478. The molecule has 0 N–H and O–H groups in total. The van der Waals surface area contributed by atoms with E-state index in [4.69, 9.17) is 0 Å². The summed E-state index contributed by atoms with van der Waals surface area (Å²) in [7, 11) is 0. The van der Waals surface area contributed by atoms with Crippen molar-refractivity contribution in [3.63, 3.8) is 0 Å². The highest BCUT2D eigenvalue weighted by atomic mass is 16.1. The third-order valence-electron chi connectivity index (χ3n) is 10.2. The van der Waals surface area contributed by atoms with Crippen LogP contribution in [0.5, 0.6) is 0 Å². The first-order valence-corrected chi connectivity index (χ1v) is 12.5. The van der Waals surface area contributed by atoms with Crippen LogP contribution >= 0.6 is 0 Å². The maximum Gasteiger partial charge on any atom is 0.159 e. The van der Waals surface area contributed by atoms with Gasteiger partial charge in [0.05, 0.1) is 0 Å². The van der Waals surface area contributed by atoms with Crippen LogP contribution in [0.1, 0.15) is 86.5 Å². The lowest BCUT2D eigenvalue weighted by atomic mass is 9.47. The van der Waals surface area contributed by atoms with Crippen molar-refractivity contribution in [3.8, 4) is 0 Å². The molecule has 0 saturated heterocycles. The minimum Gasteiger partial charge on any atom is -0.300 e. The van der Waals surface area contributed by atoms with Gasteiger partial charge in [0.25, 0.3) is 0 Å². The number of Topliss-reactive ketones (excluding diaryl/α,β-unsaturated/α-hetero) is 1. The summed E-state index contributed by atoms with van der Waals surface area (Å²) in [5.41, 5.74) is 1.78. The van der Waals surface area contributed by atoms with E-state index in [2.05, 4.69) is 53.7 Å². The summed E-state index contributed by atoms with van der Waals surface area (Å²) in [5.74, 6) is 4.15. The average molecular weight is 411 g/mol. The summed E-state index contributed by atoms with van der Waals surface area (Å²) in [5, 5.41) is 0. The lowest BCUT2D eigenvalue weighted by Crippen LogP contribution is -2.52. The van der Waals surface area contributed by atoms with Gasteiger partial charge < -0.3 is 0 Å². The first-order valence-electron chi connectivity index (χ1n) is 12.5. The van der Waals surface area contributed by atoms with E-state index in [0.717, 1.165) is 6.42 Å². The minimum absolute atomic E-state index is 0.00666. The zero-order valence-electron chi connectivity index (χ0n) is 20.0. The number of carbonyl (C=O) groups is 2. The number of carbonyl (C=O) groups excluding carboxylic acids is 2. The van der Waals surface area contributed by atoms with Crippen LogP contribution in [0.3, 0.4) is 0 Å². The summed E-state index contributed by atoms with van der Waals surface area (Å²) in [6, 6.07) is 0. The van der Waals surface area contributed by atoms with Crippen molar-refractivity contribution in [2.45, 2.75) is 86.5 Å². The highest BCUT2D eigenvalue weighted by molar-refractivity contribution is 5.98. The molecule has 2 nitrogen and oxygen atoms in total. The van der Waals surface area contributed by atoms with Crippen LogP contribution in [0.25, 0.3) is 0 Å². The van der Waals surface area contributed by atoms with E-state index >= 15 is 0 Å². The predicted molar refractivity (Wildman–Crippen MR) is 123 cm³/mol. The van der Waals surface area contributed by atoms with Gasteiger partial charge in [-0.2, -0.15) is 0 Å². The predicted octanol–water partition coefficient (Wildman–Crippen LogP) is 6.80. The van der Waals surface area contributed by atoms with E-state index in [9.17, 15) is 9.59 Å². The van der Waals surface area contributed by atoms with Gasteiger partial charge >= 0.3 is 0 Å². The molecule has 0 bridgehead atoms. The average Bonchev–Trinajstić information content (AvgIpc) is 3.04. The van der Waals surface area contributed by atoms with Crippen LogP contribution in [0.2, 0.25) is 0 Å². The molecule has 0 aliphatic heterocycles. The Balaban J connectivity index is 1.59. The van der Waals surface area contributed by atoms with Crippen molar-refractivity contribution < 1.29 is 9.59 Å². The number of fused-ring (bicyclic) bond motifs is 5. The topological polar surface area (TPSA) is 34.1 Å². The fraction of sp³-hybridized carbons (Fsp3) is 0.786. The van der Waals surface area contributed by atoms with Crippen LogP contribution in [-0.4, -0.2) is 11.6 Å². The second-order valence-corrected chi connectivity index (χ2v) is 12.0. The Bertz CT molecular complexity index is 774. The zero-order chi connectivity index (χ0) is 21.8. The van der Waals surface area contributed by atoms with E-state index in [0.29, 0.717) is 59.5 Å². The zero-order valence-corrected chi connectivity index (χ0v) is 20.0. The number of hydrogen-bond donors (Lipinski definition) is 0. The molecule has 8 unspecified atom stereocenters. The van der Waals surface area contributed by atoms with Gasteiger partial charge in [-0.25, -0.2) is 0 Å². The minimum atomic E-state index is -0.0616. The second-order valence-electron chi connectivity index (χ2n) is 12.0. The SMILES string of the molecule is CC(C)C(C)C=CC(C)C1CCC2C3=CC(=O)C4CC(=O)CCC4(C)C3CCC21C. The molecule has 0 spiro atoms. The lowest BCUT2D eigenvalue weighted by Gasteiger charge is -2.56. The Kier molecular flexibility index (Phi) is 5.69. The number of ketones is 2. The third-order valence-corrected chi connectivity index (χ3v) is 10.2. The van der Waals surface area contributed by atoms with E-state index < -0.39 is 0 Å². The van der Waals surface area contributed by atoms with Gasteiger partial charge in [-0.15, -0.1) is 0 Å². The van der Waals surface area contributed by atoms with Crippen LogP contribution in [0.15, 0.2) is 23.8 Å². The molecule has 3 saturated carbocycles. The smallest absolute Gasteiger partial charge is 0.159 e. The molecule has 4 aliphatic carbocycles. The van der Waals surface area contributed by atoms with Crippen LogP contribution < -0.4 is 0 Å². The van der Waals surface area contributed by atoms with Crippen molar-refractivity contribution in [2.75, 3.05) is 0 Å². The summed E-state index contributed by atoms with van der Waals surface area (Å²) in [4.78, 5) is 25.2. The molecular formula is C28H42O2. The first-order chi connectivity index (χ1) is 14.1. The van der Waals surface area contributed by atoms with Crippen molar-refractivity contribution in [1.29, 1.82) is 0 Å². The molecule has 0 amide bonds. The highest BCUT2D eigenvalue weighted by Gasteiger charge is 2.59. The van der Waals surface area contributed by atoms with Gasteiger partial charge in [-0.1, -0.05) is 59.3 Å². The Morgan fingerprint density at radius 1 is 0.900 bits per heavy atom. The monoisotopic (exact) mass is 410 g/mol. The van der Waals surface area contributed by atoms with Crippen molar-refractivity contribution >= 4 is 11.6 Å². The first kappa shape index (κ1) is 22.0. The van der Waals surface area contributed by atoms with Crippen molar-refractivity contribution in [2.24, 2.45) is 52.3 Å². The Morgan fingerprint density at radius 3 is 2.30 bits per heavy atom. The number of allylic oxidation sites excluding steroid dienone is 4. The molecule has 8 atom stereocenters. The van der Waals surface area contributed by atoms with Crippen LogP contribution in [0.4, 0.5) is 0 Å². The number of hydrogen-bond acceptors (Lipinski definition) is 2. The molecule has 0 aromatic heterocycles. The molecule has 166 valence electrons. The fourth-order valence-electron chi connectivity index (χ4n) is 7.77. The largest absolute Gasteiger partial charge is 0.300 e. The summed E-state index contributed by atoms with van der Waals surface area (Å²) < 4.78 is 0. The standard InChI is InChI=1S/C28H42O2/c1-17(2)18(3)7-8-19(4)22-9-10-23-21-16-26(30)25-15-20(29)11-13-28(25,6)24(21)12-14-27(22,23)5/h7-8,16-19,22-25H,9-15H2,1-6H3. The van der Waals surface area contributed by atoms with Gasteiger partial charge in [0.2, 0.25) is 0 Å². The van der Waals surface area contributed by atoms with Gasteiger partial charge in [0.1, 0.15) is 5.78 Å². The maximum atomic E-state index is 13.1. The normalized spacial score (nSPS) is 43.2. The van der Waals surface area contributed by atoms with E-state index in [1.807, 2.05) is 6.08 Å². The third kappa shape index (κ3) is 3.37. The van der Waals surface area contributed by atoms with Crippen molar-refractivity contribution in [3.05, 3.63) is 23.8 Å². The van der Waals surface area contributed by atoms with Gasteiger partial charge in [-0.05, 0) is 84.5 Å². The van der Waals surface area contributed by atoms with Crippen molar-refractivity contribution in [1.82, 2.24) is 0 Å². The lowest BCUT2D eigenvalue weighted by molar-refractivity contribution is -0.138. The highest BCUT2D eigenvalue weighted by Crippen LogP contribution is 2.66. The molecule has 3 fully saturated rings. The van der Waals surface area contributed by atoms with Crippen LogP contribution in [-0.2, 0) is 9.59 Å².